The lowest BCUT2D eigenvalue weighted by Crippen LogP contribution is -2.29. The van der Waals surface area contributed by atoms with E-state index in [4.69, 9.17) is 10.0 Å². The number of rotatable bonds is 1. The normalized spacial score (nSPS) is 10.3. The Morgan fingerprint density at radius 1 is 1.15 bits per heavy atom. The summed E-state index contributed by atoms with van der Waals surface area (Å²) in [5.74, 6) is 0. The van der Waals surface area contributed by atoms with Crippen molar-refractivity contribution < 1.29 is 10.0 Å². The van der Waals surface area contributed by atoms with Gasteiger partial charge in [0, 0.05) is 5.39 Å². The standard InChI is InChI=1S/C8H7BN2O2/c12-9(13)7-1-2-8-6(5-7)3-4-10-11-8/h1-5,12-13H. The Bertz CT molecular complexity index is 433. The Labute approximate surface area is 75.0 Å². The summed E-state index contributed by atoms with van der Waals surface area (Å²) in [6.07, 6.45) is 1.57. The van der Waals surface area contributed by atoms with Gasteiger partial charge in [0.2, 0.25) is 0 Å². The minimum absolute atomic E-state index is 0.459. The molecule has 1 aromatic heterocycles. The maximum atomic E-state index is 8.90. The molecule has 0 fully saturated rings. The Morgan fingerprint density at radius 2 is 2.00 bits per heavy atom. The molecule has 0 aliphatic carbocycles. The van der Waals surface area contributed by atoms with Crippen LogP contribution in [0.1, 0.15) is 0 Å². The Hall–Kier alpha value is -1.46. The third-order valence-electron chi connectivity index (χ3n) is 1.84. The third kappa shape index (κ3) is 1.51. The van der Waals surface area contributed by atoms with E-state index < -0.39 is 7.12 Å². The van der Waals surface area contributed by atoms with Crippen molar-refractivity contribution in [1.29, 1.82) is 0 Å². The van der Waals surface area contributed by atoms with E-state index in [2.05, 4.69) is 10.2 Å². The fourth-order valence-corrected chi connectivity index (χ4v) is 1.17. The first-order valence-corrected chi connectivity index (χ1v) is 3.85. The predicted molar refractivity (Wildman–Crippen MR) is 49.4 cm³/mol. The summed E-state index contributed by atoms with van der Waals surface area (Å²) < 4.78 is 0. The third-order valence-corrected chi connectivity index (χ3v) is 1.84. The van der Waals surface area contributed by atoms with Crippen LogP contribution in [0.4, 0.5) is 0 Å². The van der Waals surface area contributed by atoms with Gasteiger partial charge >= 0.3 is 7.12 Å². The van der Waals surface area contributed by atoms with Crippen LogP contribution < -0.4 is 5.46 Å². The molecule has 0 radical (unpaired) electrons. The summed E-state index contributed by atoms with van der Waals surface area (Å²) in [6.45, 7) is 0. The van der Waals surface area contributed by atoms with Crippen molar-refractivity contribution in [3.05, 3.63) is 30.5 Å². The number of hydrogen-bond acceptors (Lipinski definition) is 4. The van der Waals surface area contributed by atoms with Crippen molar-refractivity contribution in [2.75, 3.05) is 0 Å². The van der Waals surface area contributed by atoms with E-state index in [9.17, 15) is 0 Å². The van der Waals surface area contributed by atoms with Gasteiger partial charge in [0.05, 0.1) is 11.7 Å². The number of nitrogens with zero attached hydrogens (tertiary/aromatic N) is 2. The first kappa shape index (κ1) is 8.16. The highest BCUT2D eigenvalue weighted by Crippen LogP contribution is 2.06. The fourth-order valence-electron chi connectivity index (χ4n) is 1.17. The maximum absolute atomic E-state index is 8.90. The second kappa shape index (κ2) is 3.12. The van der Waals surface area contributed by atoms with Crippen molar-refractivity contribution in [3.8, 4) is 0 Å². The molecule has 0 saturated carbocycles. The van der Waals surface area contributed by atoms with Crippen LogP contribution in [-0.2, 0) is 0 Å². The van der Waals surface area contributed by atoms with Crippen molar-refractivity contribution >= 4 is 23.5 Å². The summed E-state index contributed by atoms with van der Waals surface area (Å²) in [4.78, 5) is 0. The second-order valence-electron chi connectivity index (χ2n) is 2.72. The molecule has 0 atom stereocenters. The molecule has 64 valence electrons. The molecule has 0 aliphatic rings. The second-order valence-corrected chi connectivity index (χ2v) is 2.72. The highest BCUT2D eigenvalue weighted by atomic mass is 16.4. The van der Waals surface area contributed by atoms with E-state index in [1.807, 2.05) is 0 Å². The molecule has 13 heavy (non-hydrogen) atoms. The zero-order valence-corrected chi connectivity index (χ0v) is 6.75. The molecule has 0 amide bonds. The fraction of sp³-hybridized carbons (Fsp3) is 0. The van der Waals surface area contributed by atoms with Gasteiger partial charge in [0.25, 0.3) is 0 Å². The van der Waals surface area contributed by atoms with Gasteiger partial charge in [-0.2, -0.15) is 10.2 Å². The van der Waals surface area contributed by atoms with Gasteiger partial charge in [-0.1, -0.05) is 12.1 Å². The summed E-state index contributed by atoms with van der Waals surface area (Å²) in [7, 11) is -1.43. The van der Waals surface area contributed by atoms with E-state index in [1.165, 1.54) is 0 Å². The van der Waals surface area contributed by atoms with Crippen molar-refractivity contribution in [3.63, 3.8) is 0 Å². The SMILES string of the molecule is OB(O)c1ccc2nnccc2c1. The molecule has 5 heteroatoms. The Morgan fingerprint density at radius 3 is 2.77 bits per heavy atom. The summed E-state index contributed by atoms with van der Waals surface area (Å²) in [5, 5.41) is 26.2. The van der Waals surface area contributed by atoms with E-state index >= 15 is 0 Å². The minimum Gasteiger partial charge on any atom is -0.423 e. The molecule has 2 N–H and O–H groups in total. The van der Waals surface area contributed by atoms with Gasteiger partial charge in [0.15, 0.2) is 0 Å². The van der Waals surface area contributed by atoms with Crippen molar-refractivity contribution in [2.24, 2.45) is 0 Å². The van der Waals surface area contributed by atoms with Gasteiger partial charge in [-0.25, -0.2) is 0 Å². The molecule has 0 unspecified atom stereocenters. The zero-order valence-electron chi connectivity index (χ0n) is 6.75. The van der Waals surface area contributed by atoms with E-state index in [1.54, 1.807) is 30.5 Å². The molecule has 0 bridgehead atoms. The van der Waals surface area contributed by atoms with Gasteiger partial charge < -0.3 is 10.0 Å². The molecule has 2 aromatic rings. The summed E-state index contributed by atoms with van der Waals surface area (Å²) in [5.41, 5.74) is 1.20. The minimum atomic E-state index is -1.43. The van der Waals surface area contributed by atoms with Gasteiger partial charge in [-0.15, -0.1) is 0 Å². The predicted octanol–water partition coefficient (Wildman–Crippen LogP) is -0.690. The molecule has 1 aromatic carbocycles. The molecule has 1 heterocycles. The van der Waals surface area contributed by atoms with Crippen molar-refractivity contribution in [1.82, 2.24) is 10.2 Å². The molecule has 0 spiro atoms. The smallest absolute Gasteiger partial charge is 0.423 e. The number of hydrogen-bond donors (Lipinski definition) is 2. The highest BCUT2D eigenvalue weighted by Gasteiger charge is 2.10. The Kier molecular flexibility index (Phi) is 1.96. The lowest BCUT2D eigenvalue weighted by atomic mass is 9.80. The quantitative estimate of drug-likeness (QED) is 0.561. The van der Waals surface area contributed by atoms with Crippen molar-refractivity contribution in [2.45, 2.75) is 0 Å². The topological polar surface area (TPSA) is 66.2 Å². The van der Waals surface area contributed by atoms with E-state index in [0.717, 1.165) is 10.9 Å². The van der Waals surface area contributed by atoms with Crippen LogP contribution in [0, 0.1) is 0 Å². The van der Waals surface area contributed by atoms with Crippen LogP contribution in [0.25, 0.3) is 10.9 Å². The zero-order chi connectivity index (χ0) is 9.26. The van der Waals surface area contributed by atoms with Crippen LogP contribution in [0.15, 0.2) is 30.5 Å². The van der Waals surface area contributed by atoms with Gasteiger partial charge in [0.1, 0.15) is 0 Å². The lowest BCUT2D eigenvalue weighted by molar-refractivity contribution is 0.426. The van der Waals surface area contributed by atoms with Crippen LogP contribution in [0.3, 0.4) is 0 Å². The highest BCUT2D eigenvalue weighted by molar-refractivity contribution is 6.58. The summed E-state index contributed by atoms with van der Waals surface area (Å²) >= 11 is 0. The monoisotopic (exact) mass is 174 g/mol. The number of fused-ring (bicyclic) bond motifs is 1. The molecule has 2 rings (SSSR count). The van der Waals surface area contributed by atoms with Crippen LogP contribution in [0.2, 0.25) is 0 Å². The molecule has 0 aliphatic heterocycles. The van der Waals surface area contributed by atoms with Gasteiger partial charge in [-0.05, 0) is 17.6 Å². The van der Waals surface area contributed by atoms with E-state index in [-0.39, 0.29) is 0 Å². The maximum Gasteiger partial charge on any atom is 0.488 e. The number of benzene rings is 1. The van der Waals surface area contributed by atoms with E-state index in [0.29, 0.717) is 5.46 Å². The first-order valence-electron chi connectivity index (χ1n) is 3.85. The lowest BCUT2D eigenvalue weighted by Gasteiger charge is -2.00. The molecular formula is C8H7BN2O2. The average molecular weight is 174 g/mol. The molecular weight excluding hydrogens is 167 g/mol. The van der Waals surface area contributed by atoms with Crippen LogP contribution in [-0.4, -0.2) is 27.4 Å². The molecule has 4 nitrogen and oxygen atoms in total. The Balaban J connectivity index is 2.62. The summed E-state index contributed by atoms with van der Waals surface area (Å²) in [6, 6.07) is 6.77. The van der Waals surface area contributed by atoms with Gasteiger partial charge in [-0.3, -0.25) is 0 Å². The van der Waals surface area contributed by atoms with Crippen LogP contribution in [0.5, 0.6) is 0 Å². The van der Waals surface area contributed by atoms with Crippen LogP contribution >= 0.6 is 0 Å². The number of aromatic nitrogens is 2. The largest absolute Gasteiger partial charge is 0.488 e. The average Bonchev–Trinajstić information content (AvgIpc) is 2.17. The molecule has 0 saturated heterocycles. The first-order chi connectivity index (χ1) is 6.27.